The van der Waals surface area contributed by atoms with Crippen LogP contribution in [0.25, 0.3) is 0 Å². The lowest BCUT2D eigenvalue weighted by atomic mass is 10.0. The average Bonchev–Trinajstić information content (AvgIpc) is 2.65. The molecule has 1 aromatic rings. The van der Waals surface area contributed by atoms with E-state index < -0.39 is 11.9 Å². The first-order chi connectivity index (χ1) is 8.09. The number of aliphatic hydroxyl groups is 1. The van der Waals surface area contributed by atoms with Gasteiger partial charge in [-0.1, -0.05) is 18.2 Å². The van der Waals surface area contributed by atoms with Crippen LogP contribution < -0.4 is 4.90 Å². The lowest BCUT2D eigenvalue weighted by Crippen LogP contribution is -2.27. The van der Waals surface area contributed by atoms with Crippen LogP contribution in [0.5, 0.6) is 0 Å². The molecule has 2 N–H and O–H groups in total. The number of nitrogens with zero attached hydrogens (tertiary/aromatic N) is 1. The molecule has 4 nitrogen and oxygen atoms in total. The lowest BCUT2D eigenvalue weighted by Gasteiger charge is -2.20. The molecule has 0 amide bonds. The van der Waals surface area contributed by atoms with Crippen molar-refractivity contribution in [1.29, 1.82) is 0 Å². The Kier molecular flexibility index (Phi) is 3.33. The Morgan fingerprint density at radius 2 is 2.24 bits per heavy atom. The van der Waals surface area contributed by atoms with Crippen LogP contribution in [0.4, 0.5) is 5.69 Å². The summed E-state index contributed by atoms with van der Waals surface area (Å²) in [5.41, 5.74) is 1.87. The Hall–Kier alpha value is -1.55. The van der Waals surface area contributed by atoms with E-state index >= 15 is 0 Å². The predicted octanol–water partition coefficient (Wildman–Crippen LogP) is 1.45. The SMILES string of the molecule is CC(O)CCN1CC(C(=O)O)c2ccccc21. The summed E-state index contributed by atoms with van der Waals surface area (Å²) < 4.78 is 0. The lowest BCUT2D eigenvalue weighted by molar-refractivity contribution is -0.138. The molecule has 0 bridgehead atoms. The fraction of sp³-hybridized carbons (Fsp3) is 0.462. The smallest absolute Gasteiger partial charge is 0.312 e. The first kappa shape index (κ1) is 11.9. The molecule has 1 aliphatic rings. The molecule has 17 heavy (non-hydrogen) atoms. The minimum atomic E-state index is -0.781. The summed E-state index contributed by atoms with van der Waals surface area (Å²) in [5, 5.41) is 18.5. The molecule has 2 rings (SSSR count). The fourth-order valence-corrected chi connectivity index (χ4v) is 2.25. The van der Waals surface area contributed by atoms with Gasteiger partial charge in [0.1, 0.15) is 5.92 Å². The molecule has 1 heterocycles. The number of aliphatic carboxylic acids is 1. The molecule has 0 saturated carbocycles. The third kappa shape index (κ3) is 2.42. The van der Waals surface area contributed by atoms with Crippen LogP contribution in [-0.2, 0) is 4.79 Å². The second-order valence-electron chi connectivity index (χ2n) is 4.53. The molecule has 0 aliphatic carbocycles. The van der Waals surface area contributed by atoms with Crippen molar-refractivity contribution in [3.8, 4) is 0 Å². The number of carboxylic acids is 1. The highest BCUT2D eigenvalue weighted by Crippen LogP contribution is 2.36. The Morgan fingerprint density at radius 1 is 1.53 bits per heavy atom. The molecule has 4 heteroatoms. The van der Waals surface area contributed by atoms with Crippen molar-refractivity contribution in [2.75, 3.05) is 18.0 Å². The van der Waals surface area contributed by atoms with Crippen LogP contribution in [0.3, 0.4) is 0 Å². The number of anilines is 1. The monoisotopic (exact) mass is 235 g/mol. The summed E-state index contributed by atoms with van der Waals surface area (Å²) in [6, 6.07) is 7.60. The zero-order valence-corrected chi connectivity index (χ0v) is 9.84. The molecule has 1 aliphatic heterocycles. The maximum Gasteiger partial charge on any atom is 0.312 e. The fourth-order valence-electron chi connectivity index (χ4n) is 2.25. The Labute approximate surface area is 100 Å². The van der Waals surface area contributed by atoms with Crippen molar-refractivity contribution in [1.82, 2.24) is 0 Å². The van der Waals surface area contributed by atoms with E-state index in [2.05, 4.69) is 0 Å². The molecule has 2 atom stereocenters. The van der Waals surface area contributed by atoms with Crippen molar-refractivity contribution >= 4 is 11.7 Å². The number of aliphatic hydroxyl groups excluding tert-OH is 1. The van der Waals surface area contributed by atoms with Crippen LogP contribution in [0, 0.1) is 0 Å². The van der Waals surface area contributed by atoms with E-state index in [1.807, 2.05) is 29.2 Å². The number of rotatable bonds is 4. The topological polar surface area (TPSA) is 60.8 Å². The summed E-state index contributed by atoms with van der Waals surface area (Å²) in [7, 11) is 0. The van der Waals surface area contributed by atoms with Gasteiger partial charge in [0.15, 0.2) is 0 Å². The van der Waals surface area contributed by atoms with Gasteiger partial charge in [-0.15, -0.1) is 0 Å². The van der Waals surface area contributed by atoms with E-state index in [9.17, 15) is 15.0 Å². The highest BCUT2D eigenvalue weighted by molar-refractivity contribution is 5.82. The number of carbonyl (C=O) groups is 1. The van der Waals surface area contributed by atoms with E-state index in [-0.39, 0.29) is 6.10 Å². The highest BCUT2D eigenvalue weighted by Gasteiger charge is 2.32. The second kappa shape index (κ2) is 4.75. The normalized spacial score (nSPS) is 20.1. The largest absolute Gasteiger partial charge is 0.481 e. The molecule has 0 saturated heterocycles. The van der Waals surface area contributed by atoms with E-state index in [4.69, 9.17) is 0 Å². The molecule has 0 radical (unpaired) electrons. The Bertz CT molecular complexity index is 417. The predicted molar refractivity (Wildman–Crippen MR) is 65.3 cm³/mol. The van der Waals surface area contributed by atoms with Crippen LogP contribution in [0.15, 0.2) is 24.3 Å². The molecule has 92 valence electrons. The van der Waals surface area contributed by atoms with Crippen molar-refractivity contribution in [3.05, 3.63) is 29.8 Å². The Balaban J connectivity index is 2.19. The van der Waals surface area contributed by atoms with Crippen LogP contribution in [0.2, 0.25) is 0 Å². The molecule has 2 unspecified atom stereocenters. The highest BCUT2D eigenvalue weighted by atomic mass is 16.4. The van der Waals surface area contributed by atoms with E-state index in [1.54, 1.807) is 6.92 Å². The summed E-state index contributed by atoms with van der Waals surface area (Å²) in [6.45, 7) is 2.94. The molecular formula is C13H17NO3. The summed E-state index contributed by atoms with van der Waals surface area (Å²) in [6.07, 6.45) is 0.298. The van der Waals surface area contributed by atoms with Gasteiger partial charge in [-0.05, 0) is 25.0 Å². The maximum absolute atomic E-state index is 11.2. The van der Waals surface area contributed by atoms with Crippen LogP contribution in [-0.4, -0.2) is 35.4 Å². The van der Waals surface area contributed by atoms with Gasteiger partial charge in [0.25, 0.3) is 0 Å². The van der Waals surface area contributed by atoms with E-state index in [0.717, 1.165) is 11.3 Å². The van der Waals surface area contributed by atoms with Gasteiger partial charge >= 0.3 is 5.97 Å². The molecule has 0 fully saturated rings. The van der Waals surface area contributed by atoms with Gasteiger partial charge in [-0.25, -0.2) is 0 Å². The van der Waals surface area contributed by atoms with Crippen molar-refractivity contribution in [3.63, 3.8) is 0 Å². The number of fused-ring (bicyclic) bond motifs is 1. The summed E-state index contributed by atoms with van der Waals surface area (Å²) in [5.74, 6) is -1.22. The summed E-state index contributed by atoms with van der Waals surface area (Å²) in [4.78, 5) is 13.2. The zero-order chi connectivity index (χ0) is 12.4. The van der Waals surface area contributed by atoms with Gasteiger partial charge in [0.2, 0.25) is 0 Å². The summed E-state index contributed by atoms with van der Waals surface area (Å²) >= 11 is 0. The van der Waals surface area contributed by atoms with Crippen molar-refractivity contribution < 1.29 is 15.0 Å². The van der Waals surface area contributed by atoms with Crippen molar-refractivity contribution in [2.45, 2.75) is 25.4 Å². The van der Waals surface area contributed by atoms with Crippen molar-refractivity contribution in [2.24, 2.45) is 0 Å². The van der Waals surface area contributed by atoms with Gasteiger partial charge in [0.05, 0.1) is 6.10 Å². The minimum absolute atomic E-state index is 0.356. The number of hydrogen-bond acceptors (Lipinski definition) is 3. The second-order valence-corrected chi connectivity index (χ2v) is 4.53. The van der Waals surface area contributed by atoms with Gasteiger partial charge in [-0.3, -0.25) is 4.79 Å². The quantitative estimate of drug-likeness (QED) is 0.829. The molecule has 0 spiro atoms. The zero-order valence-electron chi connectivity index (χ0n) is 9.84. The van der Waals surface area contributed by atoms with Crippen LogP contribution in [0.1, 0.15) is 24.8 Å². The first-order valence-corrected chi connectivity index (χ1v) is 5.84. The van der Waals surface area contributed by atoms with Crippen LogP contribution >= 0.6 is 0 Å². The first-order valence-electron chi connectivity index (χ1n) is 5.84. The van der Waals surface area contributed by atoms with Gasteiger partial charge in [-0.2, -0.15) is 0 Å². The number of hydrogen-bond donors (Lipinski definition) is 2. The van der Waals surface area contributed by atoms with E-state index in [1.165, 1.54) is 0 Å². The number of carboxylic acid groups (broad SMARTS) is 1. The van der Waals surface area contributed by atoms with Gasteiger partial charge in [0, 0.05) is 18.8 Å². The third-order valence-corrected chi connectivity index (χ3v) is 3.17. The Morgan fingerprint density at radius 3 is 2.88 bits per heavy atom. The third-order valence-electron chi connectivity index (χ3n) is 3.17. The number of benzene rings is 1. The molecular weight excluding hydrogens is 218 g/mol. The van der Waals surface area contributed by atoms with Gasteiger partial charge < -0.3 is 15.1 Å². The average molecular weight is 235 g/mol. The maximum atomic E-state index is 11.2. The molecule has 1 aromatic carbocycles. The standard InChI is InChI=1S/C13H17NO3/c1-9(15)6-7-14-8-11(13(16)17)10-4-2-3-5-12(10)14/h2-5,9,11,15H,6-8H2,1H3,(H,16,17). The molecule has 0 aromatic heterocycles. The number of para-hydroxylation sites is 1. The minimum Gasteiger partial charge on any atom is -0.481 e. The van der Waals surface area contributed by atoms with E-state index in [0.29, 0.717) is 19.5 Å².